The van der Waals surface area contributed by atoms with Crippen LogP contribution in [0.1, 0.15) is 37.8 Å². The quantitative estimate of drug-likeness (QED) is 0.759. The van der Waals surface area contributed by atoms with Crippen molar-refractivity contribution >= 4 is 5.91 Å². The molecule has 0 spiro atoms. The van der Waals surface area contributed by atoms with Gasteiger partial charge in [0.05, 0.1) is 0 Å². The van der Waals surface area contributed by atoms with E-state index >= 15 is 0 Å². The van der Waals surface area contributed by atoms with Crippen molar-refractivity contribution in [2.45, 2.75) is 32.2 Å². The van der Waals surface area contributed by atoms with Gasteiger partial charge in [-0.3, -0.25) is 4.79 Å². The van der Waals surface area contributed by atoms with Crippen molar-refractivity contribution in [1.82, 2.24) is 10.6 Å². The maximum atomic E-state index is 11.1. The van der Waals surface area contributed by atoms with Gasteiger partial charge >= 0.3 is 0 Å². The van der Waals surface area contributed by atoms with E-state index in [2.05, 4.69) is 41.8 Å². The van der Waals surface area contributed by atoms with Crippen LogP contribution in [0, 0.1) is 0 Å². The van der Waals surface area contributed by atoms with E-state index in [1.165, 1.54) is 5.56 Å². The van der Waals surface area contributed by atoms with Crippen LogP contribution in [-0.2, 0) is 4.79 Å². The summed E-state index contributed by atoms with van der Waals surface area (Å²) in [5.74, 6) is 0.0841. The van der Waals surface area contributed by atoms with Crippen LogP contribution in [-0.4, -0.2) is 19.5 Å². The smallest absolute Gasteiger partial charge is 0.221 e. The molecule has 1 aromatic carbocycles. The van der Waals surface area contributed by atoms with E-state index in [0.29, 0.717) is 12.5 Å². The molecule has 3 nitrogen and oxygen atoms in total. The first-order chi connectivity index (χ1) is 8.27. The Hall–Kier alpha value is -1.35. The normalized spacial score (nSPS) is 12.1. The molecule has 1 amide bonds. The molecule has 0 aliphatic carbocycles. The Morgan fingerprint density at radius 3 is 2.59 bits per heavy atom. The van der Waals surface area contributed by atoms with Gasteiger partial charge in [-0.15, -0.1) is 0 Å². The fraction of sp³-hybridized carbons (Fsp3) is 0.500. The van der Waals surface area contributed by atoms with Crippen LogP contribution in [0.5, 0.6) is 0 Å². The van der Waals surface area contributed by atoms with Crippen molar-refractivity contribution in [1.29, 1.82) is 0 Å². The molecule has 0 heterocycles. The Morgan fingerprint density at radius 1 is 1.29 bits per heavy atom. The highest BCUT2D eigenvalue weighted by Crippen LogP contribution is 2.17. The molecule has 3 heteroatoms. The second kappa shape index (κ2) is 7.85. The third-order valence-corrected chi connectivity index (χ3v) is 2.80. The number of rotatable bonds is 7. The minimum atomic E-state index is 0.0841. The zero-order chi connectivity index (χ0) is 12.5. The predicted molar refractivity (Wildman–Crippen MR) is 70.8 cm³/mol. The molecule has 1 atom stereocenters. The molecule has 0 radical (unpaired) electrons. The first kappa shape index (κ1) is 13.7. The average Bonchev–Trinajstić information content (AvgIpc) is 2.38. The molecule has 0 fully saturated rings. The molecule has 0 saturated heterocycles. The summed E-state index contributed by atoms with van der Waals surface area (Å²) in [6.45, 7) is 2.90. The molecule has 1 unspecified atom stereocenters. The second-order valence-electron chi connectivity index (χ2n) is 4.13. The van der Waals surface area contributed by atoms with E-state index in [1.54, 1.807) is 7.05 Å². The van der Waals surface area contributed by atoms with Crippen LogP contribution < -0.4 is 10.6 Å². The molecule has 0 aliphatic heterocycles. The maximum absolute atomic E-state index is 11.1. The number of nitrogens with one attached hydrogen (secondary N) is 2. The summed E-state index contributed by atoms with van der Waals surface area (Å²) in [4.78, 5) is 11.1. The van der Waals surface area contributed by atoms with Crippen molar-refractivity contribution in [2.24, 2.45) is 0 Å². The van der Waals surface area contributed by atoms with Gasteiger partial charge in [-0.2, -0.15) is 0 Å². The number of hydrogen-bond donors (Lipinski definition) is 2. The highest BCUT2D eigenvalue weighted by Gasteiger charge is 2.09. The molecule has 0 bridgehead atoms. The van der Waals surface area contributed by atoms with Crippen molar-refractivity contribution in [2.75, 3.05) is 13.6 Å². The van der Waals surface area contributed by atoms with E-state index in [9.17, 15) is 4.79 Å². The third kappa shape index (κ3) is 5.00. The Bertz CT molecular complexity index is 324. The number of carbonyl (C=O) groups is 1. The van der Waals surface area contributed by atoms with Crippen LogP contribution in [0.25, 0.3) is 0 Å². The summed E-state index contributed by atoms with van der Waals surface area (Å²) in [6.07, 6.45) is 2.76. The molecule has 17 heavy (non-hydrogen) atoms. The maximum Gasteiger partial charge on any atom is 0.221 e. The molecule has 1 rings (SSSR count). The first-order valence-corrected chi connectivity index (χ1v) is 6.26. The lowest BCUT2D eigenvalue weighted by atomic mass is 10.0. The molecular weight excluding hydrogens is 212 g/mol. The van der Waals surface area contributed by atoms with Crippen LogP contribution >= 0.6 is 0 Å². The number of benzene rings is 1. The number of carbonyl (C=O) groups excluding carboxylic acids is 1. The SMILES string of the molecule is CCCC(NCCC(=O)NC)c1ccccc1. The highest BCUT2D eigenvalue weighted by atomic mass is 16.1. The molecule has 2 N–H and O–H groups in total. The Balaban J connectivity index is 2.47. The van der Waals surface area contributed by atoms with E-state index in [0.717, 1.165) is 19.4 Å². The number of amides is 1. The summed E-state index contributed by atoms with van der Waals surface area (Å²) >= 11 is 0. The van der Waals surface area contributed by atoms with Gasteiger partial charge in [-0.25, -0.2) is 0 Å². The summed E-state index contributed by atoms with van der Waals surface area (Å²) in [7, 11) is 1.67. The summed E-state index contributed by atoms with van der Waals surface area (Å²) in [5.41, 5.74) is 1.30. The van der Waals surface area contributed by atoms with Crippen molar-refractivity contribution in [3.05, 3.63) is 35.9 Å². The van der Waals surface area contributed by atoms with Gasteiger partial charge in [-0.1, -0.05) is 43.7 Å². The van der Waals surface area contributed by atoms with Crippen LogP contribution in [0.4, 0.5) is 0 Å². The largest absolute Gasteiger partial charge is 0.359 e. The van der Waals surface area contributed by atoms with Crippen LogP contribution in [0.3, 0.4) is 0 Å². The lowest BCUT2D eigenvalue weighted by Crippen LogP contribution is -2.27. The van der Waals surface area contributed by atoms with E-state index < -0.39 is 0 Å². The van der Waals surface area contributed by atoms with Gasteiger partial charge in [0, 0.05) is 26.1 Å². The fourth-order valence-electron chi connectivity index (χ4n) is 1.85. The van der Waals surface area contributed by atoms with Gasteiger partial charge in [0.25, 0.3) is 0 Å². The minimum Gasteiger partial charge on any atom is -0.359 e. The molecule has 0 saturated carbocycles. The Kier molecular flexibility index (Phi) is 6.33. The Labute approximate surface area is 104 Å². The van der Waals surface area contributed by atoms with E-state index in [1.807, 2.05) is 6.07 Å². The third-order valence-electron chi connectivity index (χ3n) is 2.80. The summed E-state index contributed by atoms with van der Waals surface area (Å²) in [6, 6.07) is 10.7. The Morgan fingerprint density at radius 2 is 2.00 bits per heavy atom. The number of hydrogen-bond acceptors (Lipinski definition) is 2. The standard InChI is InChI=1S/C14H22N2O/c1-3-7-13(12-8-5-4-6-9-12)16-11-10-14(17)15-2/h4-6,8-9,13,16H,3,7,10-11H2,1-2H3,(H,15,17). The monoisotopic (exact) mass is 234 g/mol. The van der Waals surface area contributed by atoms with Crippen molar-refractivity contribution in [3.8, 4) is 0 Å². The van der Waals surface area contributed by atoms with Gasteiger partial charge in [0.15, 0.2) is 0 Å². The molecule has 94 valence electrons. The zero-order valence-electron chi connectivity index (χ0n) is 10.7. The zero-order valence-corrected chi connectivity index (χ0v) is 10.7. The fourth-order valence-corrected chi connectivity index (χ4v) is 1.85. The second-order valence-corrected chi connectivity index (χ2v) is 4.13. The van der Waals surface area contributed by atoms with Gasteiger partial charge in [0.2, 0.25) is 5.91 Å². The molecular formula is C14H22N2O. The molecule has 0 aliphatic rings. The van der Waals surface area contributed by atoms with Crippen LogP contribution in [0.2, 0.25) is 0 Å². The predicted octanol–water partition coefficient (Wildman–Crippen LogP) is 2.25. The average molecular weight is 234 g/mol. The molecule has 0 aromatic heterocycles. The van der Waals surface area contributed by atoms with E-state index in [4.69, 9.17) is 0 Å². The topological polar surface area (TPSA) is 41.1 Å². The van der Waals surface area contributed by atoms with Crippen molar-refractivity contribution < 1.29 is 4.79 Å². The lowest BCUT2D eigenvalue weighted by molar-refractivity contribution is -0.120. The highest BCUT2D eigenvalue weighted by molar-refractivity contribution is 5.75. The van der Waals surface area contributed by atoms with Gasteiger partial charge in [0.1, 0.15) is 0 Å². The summed E-state index contributed by atoms with van der Waals surface area (Å²) in [5, 5.41) is 6.07. The van der Waals surface area contributed by atoms with E-state index in [-0.39, 0.29) is 5.91 Å². The first-order valence-electron chi connectivity index (χ1n) is 6.26. The van der Waals surface area contributed by atoms with Crippen molar-refractivity contribution in [3.63, 3.8) is 0 Å². The minimum absolute atomic E-state index is 0.0841. The van der Waals surface area contributed by atoms with Gasteiger partial charge in [-0.05, 0) is 12.0 Å². The summed E-state index contributed by atoms with van der Waals surface area (Å²) < 4.78 is 0. The molecule has 1 aromatic rings. The van der Waals surface area contributed by atoms with Gasteiger partial charge < -0.3 is 10.6 Å². The van der Waals surface area contributed by atoms with Crippen LogP contribution in [0.15, 0.2) is 30.3 Å². The lowest BCUT2D eigenvalue weighted by Gasteiger charge is -2.18.